The highest BCUT2D eigenvalue weighted by atomic mass is 79.9. The van der Waals surface area contributed by atoms with Crippen LogP contribution in [0.5, 0.6) is 5.75 Å². The highest BCUT2D eigenvalue weighted by Crippen LogP contribution is 2.28. The summed E-state index contributed by atoms with van der Waals surface area (Å²) in [5, 5.41) is 9.61. The second kappa shape index (κ2) is 6.41. The maximum absolute atomic E-state index is 11.9. The smallest absolute Gasteiger partial charge is 0.262 e. The van der Waals surface area contributed by atoms with Gasteiger partial charge in [0.15, 0.2) is 6.61 Å². The number of anilines is 1. The predicted molar refractivity (Wildman–Crippen MR) is 84.0 cm³/mol. The average molecular weight is 403 g/mol. The van der Waals surface area contributed by atoms with E-state index in [0.29, 0.717) is 11.4 Å². The molecule has 0 aliphatic heterocycles. The number of H-pyrrole nitrogens is 1. The lowest BCUT2D eigenvalue weighted by Crippen LogP contribution is -2.20. The van der Waals surface area contributed by atoms with Gasteiger partial charge in [-0.2, -0.15) is 5.10 Å². The van der Waals surface area contributed by atoms with Crippen LogP contribution < -0.4 is 10.1 Å². The van der Waals surface area contributed by atoms with Crippen molar-refractivity contribution in [3.63, 3.8) is 0 Å². The number of rotatable bonds is 4. The molecule has 0 saturated heterocycles. The van der Waals surface area contributed by atoms with Gasteiger partial charge in [0.25, 0.3) is 5.91 Å². The number of hydrogen-bond donors (Lipinski definition) is 2. The molecule has 0 atom stereocenters. The lowest BCUT2D eigenvalue weighted by molar-refractivity contribution is -0.118. The molecule has 20 heavy (non-hydrogen) atoms. The van der Waals surface area contributed by atoms with E-state index in [-0.39, 0.29) is 12.5 Å². The topological polar surface area (TPSA) is 67.0 Å². The third-order valence-electron chi connectivity index (χ3n) is 2.65. The Morgan fingerprint density at radius 3 is 2.75 bits per heavy atom. The molecule has 0 aliphatic rings. The highest BCUT2D eigenvalue weighted by molar-refractivity contribution is 9.11. The lowest BCUT2D eigenvalue weighted by atomic mass is 10.3. The predicted octanol–water partition coefficient (Wildman–Crippen LogP) is 3.57. The fourth-order valence-corrected chi connectivity index (χ4v) is 2.81. The maximum Gasteiger partial charge on any atom is 0.262 e. The molecule has 0 aliphatic carbocycles. The zero-order chi connectivity index (χ0) is 14.7. The Hall–Kier alpha value is -1.34. The molecular formula is C13H13Br2N3O2. The van der Waals surface area contributed by atoms with Crippen LogP contribution in [0.1, 0.15) is 11.4 Å². The van der Waals surface area contributed by atoms with E-state index < -0.39 is 0 Å². The number of ether oxygens (including phenoxy) is 1. The second-order valence-corrected chi connectivity index (χ2v) is 5.99. The molecule has 1 heterocycles. The van der Waals surface area contributed by atoms with Crippen molar-refractivity contribution in [3.05, 3.63) is 38.5 Å². The van der Waals surface area contributed by atoms with Gasteiger partial charge in [-0.15, -0.1) is 0 Å². The molecule has 1 amide bonds. The van der Waals surface area contributed by atoms with E-state index in [0.717, 1.165) is 20.3 Å². The Labute approximate surface area is 133 Å². The molecule has 0 fully saturated rings. The van der Waals surface area contributed by atoms with Gasteiger partial charge >= 0.3 is 0 Å². The summed E-state index contributed by atoms with van der Waals surface area (Å²) < 4.78 is 7.20. The van der Waals surface area contributed by atoms with E-state index in [2.05, 4.69) is 47.4 Å². The standard InChI is InChI=1S/C13H13Br2N3O2/c1-7-13(8(2)18-17-7)16-12(19)6-20-11-4-3-9(14)5-10(11)15/h3-5H,6H2,1-2H3,(H,16,19)(H,17,18). The quantitative estimate of drug-likeness (QED) is 0.821. The summed E-state index contributed by atoms with van der Waals surface area (Å²) in [6.45, 7) is 3.61. The summed E-state index contributed by atoms with van der Waals surface area (Å²) >= 11 is 6.74. The van der Waals surface area contributed by atoms with Crippen LogP contribution in [0.2, 0.25) is 0 Å². The van der Waals surface area contributed by atoms with Gasteiger partial charge in [-0.3, -0.25) is 9.89 Å². The maximum atomic E-state index is 11.9. The minimum atomic E-state index is -0.229. The largest absolute Gasteiger partial charge is 0.483 e. The van der Waals surface area contributed by atoms with Crippen molar-refractivity contribution in [2.75, 3.05) is 11.9 Å². The molecule has 5 nitrogen and oxygen atoms in total. The number of carbonyl (C=O) groups is 1. The van der Waals surface area contributed by atoms with E-state index in [1.807, 2.05) is 26.0 Å². The SMILES string of the molecule is Cc1n[nH]c(C)c1NC(=O)COc1ccc(Br)cc1Br. The van der Waals surface area contributed by atoms with E-state index in [9.17, 15) is 4.79 Å². The Morgan fingerprint density at radius 2 is 2.15 bits per heavy atom. The van der Waals surface area contributed by atoms with Crippen molar-refractivity contribution in [3.8, 4) is 5.75 Å². The van der Waals surface area contributed by atoms with Crippen molar-refractivity contribution in [2.45, 2.75) is 13.8 Å². The molecule has 0 spiro atoms. The second-order valence-electron chi connectivity index (χ2n) is 4.22. The Bertz CT molecular complexity index is 621. The summed E-state index contributed by atoms with van der Waals surface area (Å²) in [4.78, 5) is 11.9. The van der Waals surface area contributed by atoms with Crippen molar-refractivity contribution in [1.29, 1.82) is 0 Å². The van der Waals surface area contributed by atoms with Gasteiger partial charge in [0, 0.05) is 4.47 Å². The van der Waals surface area contributed by atoms with Gasteiger partial charge in [0.2, 0.25) is 0 Å². The van der Waals surface area contributed by atoms with Crippen molar-refractivity contribution >= 4 is 43.5 Å². The first-order chi connectivity index (χ1) is 9.47. The molecule has 1 aromatic heterocycles. The molecule has 0 bridgehead atoms. The van der Waals surface area contributed by atoms with Crippen LogP contribution in [0.4, 0.5) is 5.69 Å². The Morgan fingerprint density at radius 1 is 1.40 bits per heavy atom. The number of nitrogens with one attached hydrogen (secondary N) is 2. The monoisotopic (exact) mass is 401 g/mol. The summed E-state index contributed by atoms with van der Waals surface area (Å²) in [6, 6.07) is 5.50. The van der Waals surface area contributed by atoms with Crippen LogP contribution in [0.25, 0.3) is 0 Å². The van der Waals surface area contributed by atoms with E-state index >= 15 is 0 Å². The van der Waals surface area contributed by atoms with Crippen LogP contribution in [-0.2, 0) is 4.79 Å². The van der Waals surface area contributed by atoms with E-state index in [4.69, 9.17) is 4.74 Å². The normalized spacial score (nSPS) is 10.4. The third-order valence-corrected chi connectivity index (χ3v) is 3.76. The van der Waals surface area contributed by atoms with E-state index in [1.165, 1.54) is 0 Å². The summed E-state index contributed by atoms with van der Waals surface area (Å²) in [5.74, 6) is 0.386. The fourth-order valence-electron chi connectivity index (χ4n) is 1.65. The van der Waals surface area contributed by atoms with Crippen molar-refractivity contribution in [1.82, 2.24) is 10.2 Å². The number of nitrogens with zero attached hydrogens (tertiary/aromatic N) is 1. The third kappa shape index (κ3) is 3.61. The van der Waals surface area contributed by atoms with Gasteiger partial charge in [-0.25, -0.2) is 0 Å². The number of aryl methyl sites for hydroxylation is 2. The first-order valence-corrected chi connectivity index (χ1v) is 7.45. The minimum Gasteiger partial charge on any atom is -0.483 e. The van der Waals surface area contributed by atoms with Gasteiger partial charge in [0.1, 0.15) is 5.75 Å². The highest BCUT2D eigenvalue weighted by Gasteiger charge is 2.11. The average Bonchev–Trinajstić information content (AvgIpc) is 2.69. The number of amides is 1. The Kier molecular flexibility index (Phi) is 4.82. The molecule has 106 valence electrons. The lowest BCUT2D eigenvalue weighted by Gasteiger charge is -2.09. The van der Waals surface area contributed by atoms with Gasteiger partial charge in [0.05, 0.1) is 21.5 Å². The molecule has 1 aromatic carbocycles. The number of benzene rings is 1. The van der Waals surface area contributed by atoms with Gasteiger partial charge in [-0.1, -0.05) is 15.9 Å². The summed E-state index contributed by atoms with van der Waals surface area (Å²) in [5.41, 5.74) is 2.27. The number of halogens is 2. The fraction of sp³-hybridized carbons (Fsp3) is 0.231. The van der Waals surface area contributed by atoms with Crippen molar-refractivity contribution < 1.29 is 9.53 Å². The molecule has 2 aromatic rings. The first kappa shape index (κ1) is 15.1. The first-order valence-electron chi connectivity index (χ1n) is 5.86. The molecule has 0 radical (unpaired) electrons. The molecule has 0 saturated carbocycles. The number of carbonyl (C=O) groups excluding carboxylic acids is 1. The van der Waals surface area contributed by atoms with Crippen LogP contribution in [-0.4, -0.2) is 22.7 Å². The molecule has 7 heteroatoms. The minimum absolute atomic E-state index is 0.0652. The molecule has 0 unspecified atom stereocenters. The summed E-state index contributed by atoms with van der Waals surface area (Å²) in [7, 11) is 0. The molecule has 2 N–H and O–H groups in total. The number of aromatic amines is 1. The van der Waals surface area contributed by atoms with Crippen LogP contribution in [0.15, 0.2) is 27.1 Å². The molecule has 2 rings (SSSR count). The Balaban J connectivity index is 1.96. The van der Waals surface area contributed by atoms with Crippen LogP contribution in [0, 0.1) is 13.8 Å². The summed E-state index contributed by atoms with van der Waals surface area (Å²) in [6.07, 6.45) is 0. The van der Waals surface area contributed by atoms with Crippen LogP contribution in [0.3, 0.4) is 0 Å². The van der Waals surface area contributed by atoms with Crippen LogP contribution >= 0.6 is 31.9 Å². The van der Waals surface area contributed by atoms with Gasteiger partial charge in [-0.05, 0) is 48.0 Å². The zero-order valence-electron chi connectivity index (χ0n) is 11.0. The van der Waals surface area contributed by atoms with Crippen molar-refractivity contribution in [2.24, 2.45) is 0 Å². The number of hydrogen-bond acceptors (Lipinski definition) is 3. The number of aromatic nitrogens is 2. The molecular weight excluding hydrogens is 390 g/mol. The zero-order valence-corrected chi connectivity index (χ0v) is 14.1. The van der Waals surface area contributed by atoms with E-state index in [1.54, 1.807) is 6.07 Å². The van der Waals surface area contributed by atoms with Gasteiger partial charge < -0.3 is 10.1 Å².